The highest BCUT2D eigenvalue weighted by Gasteiger charge is 2.13. The van der Waals surface area contributed by atoms with Crippen molar-refractivity contribution in [3.63, 3.8) is 0 Å². The molecule has 12 heavy (non-hydrogen) atoms. The molecule has 0 saturated heterocycles. The van der Waals surface area contributed by atoms with E-state index in [1.54, 1.807) is 0 Å². The fourth-order valence-corrected chi connectivity index (χ4v) is 0.442. The fraction of sp³-hybridized carbons (Fsp3) is 0.571. The molecule has 0 aliphatic heterocycles. The van der Waals surface area contributed by atoms with Crippen molar-refractivity contribution in [3.05, 3.63) is 12.3 Å². The number of ether oxygens (including phenoxy) is 2. The van der Waals surface area contributed by atoms with E-state index >= 15 is 0 Å². The lowest BCUT2D eigenvalue weighted by atomic mass is 10.4. The summed E-state index contributed by atoms with van der Waals surface area (Å²) in [5, 5.41) is 17.2. The molecule has 0 heterocycles. The van der Waals surface area contributed by atoms with Crippen LogP contribution in [0, 0.1) is 0 Å². The number of rotatable bonds is 5. The Morgan fingerprint density at radius 2 is 2.25 bits per heavy atom. The second kappa shape index (κ2) is 5.56. The van der Waals surface area contributed by atoms with Gasteiger partial charge in [0.1, 0.15) is 0 Å². The first-order valence-electron chi connectivity index (χ1n) is 3.34. The Balaban J connectivity index is 3.76. The summed E-state index contributed by atoms with van der Waals surface area (Å²) in [7, 11) is 1.27. The molecule has 70 valence electrons. The van der Waals surface area contributed by atoms with Crippen LogP contribution in [0.15, 0.2) is 12.3 Å². The van der Waals surface area contributed by atoms with Crippen LogP contribution in [0.5, 0.6) is 0 Å². The predicted octanol–water partition coefficient (Wildman–Crippen LogP) is -0.610. The Morgan fingerprint density at radius 1 is 1.67 bits per heavy atom. The molecule has 0 saturated carbocycles. The number of aliphatic hydroxyl groups excluding tert-OH is 2. The van der Waals surface area contributed by atoms with Crippen molar-refractivity contribution < 1.29 is 24.5 Å². The molecule has 0 aromatic heterocycles. The van der Waals surface area contributed by atoms with Crippen LogP contribution >= 0.6 is 0 Å². The van der Waals surface area contributed by atoms with Crippen LogP contribution in [0.4, 0.5) is 0 Å². The Hall–Kier alpha value is -1.07. The topological polar surface area (TPSA) is 76.0 Å². The zero-order chi connectivity index (χ0) is 9.56. The largest absolute Gasteiger partial charge is 0.490 e. The van der Waals surface area contributed by atoms with Gasteiger partial charge in [0.25, 0.3) is 0 Å². The summed E-state index contributed by atoms with van der Waals surface area (Å²) in [6.45, 7) is 2.96. The van der Waals surface area contributed by atoms with Crippen molar-refractivity contribution in [1.29, 1.82) is 0 Å². The highest BCUT2D eigenvalue weighted by Crippen LogP contribution is 2.00. The molecule has 0 fully saturated rings. The van der Waals surface area contributed by atoms with Crippen LogP contribution in [-0.4, -0.2) is 36.2 Å². The standard InChI is InChI=1S/C7H12O5/c1-5(11-2)7(10)12-6(9)3-4-8/h6,8-9H,1,3-4H2,2H3. The maximum absolute atomic E-state index is 10.8. The smallest absolute Gasteiger partial charge is 0.375 e. The minimum atomic E-state index is -1.31. The number of hydrogen-bond donors (Lipinski definition) is 2. The molecule has 0 radical (unpaired) electrons. The molecule has 2 N–H and O–H groups in total. The molecule has 5 nitrogen and oxygen atoms in total. The third-order valence-electron chi connectivity index (χ3n) is 1.09. The summed E-state index contributed by atoms with van der Waals surface area (Å²) in [6, 6.07) is 0. The van der Waals surface area contributed by atoms with E-state index < -0.39 is 12.3 Å². The first kappa shape index (κ1) is 10.9. The minimum Gasteiger partial charge on any atom is -0.490 e. The first-order valence-corrected chi connectivity index (χ1v) is 3.34. The van der Waals surface area contributed by atoms with Gasteiger partial charge < -0.3 is 19.7 Å². The maximum atomic E-state index is 10.8. The van der Waals surface area contributed by atoms with E-state index in [1.807, 2.05) is 0 Å². The summed E-state index contributed by atoms with van der Waals surface area (Å²) < 4.78 is 8.82. The molecule has 1 atom stereocenters. The summed E-state index contributed by atoms with van der Waals surface area (Å²) in [5.41, 5.74) is 0. The Kier molecular flexibility index (Phi) is 5.07. The summed E-state index contributed by atoms with van der Waals surface area (Å²) in [5.74, 6) is -1.02. The van der Waals surface area contributed by atoms with E-state index in [2.05, 4.69) is 16.1 Å². The van der Waals surface area contributed by atoms with Gasteiger partial charge in [0.05, 0.1) is 7.11 Å². The maximum Gasteiger partial charge on any atom is 0.375 e. The second-order valence-corrected chi connectivity index (χ2v) is 2.00. The Morgan fingerprint density at radius 3 is 2.67 bits per heavy atom. The molecule has 0 aromatic carbocycles. The van der Waals surface area contributed by atoms with Crippen molar-refractivity contribution in [2.75, 3.05) is 13.7 Å². The zero-order valence-electron chi connectivity index (χ0n) is 6.82. The van der Waals surface area contributed by atoms with Gasteiger partial charge in [0.2, 0.25) is 6.29 Å². The van der Waals surface area contributed by atoms with E-state index in [1.165, 1.54) is 7.11 Å². The van der Waals surface area contributed by atoms with Gasteiger partial charge in [-0.15, -0.1) is 0 Å². The number of carbonyl (C=O) groups is 1. The third kappa shape index (κ3) is 3.95. The predicted molar refractivity (Wildman–Crippen MR) is 40.0 cm³/mol. The molecule has 0 bridgehead atoms. The van der Waals surface area contributed by atoms with Gasteiger partial charge in [-0.05, 0) is 6.58 Å². The van der Waals surface area contributed by atoms with Crippen molar-refractivity contribution in [3.8, 4) is 0 Å². The quantitative estimate of drug-likeness (QED) is 0.253. The minimum absolute atomic E-state index is 0.0251. The molecule has 0 aliphatic rings. The van der Waals surface area contributed by atoms with Gasteiger partial charge in [-0.3, -0.25) is 0 Å². The molecule has 0 aromatic rings. The molecular weight excluding hydrogens is 164 g/mol. The lowest BCUT2D eigenvalue weighted by Gasteiger charge is -2.10. The van der Waals surface area contributed by atoms with Gasteiger partial charge in [-0.2, -0.15) is 0 Å². The number of methoxy groups -OCH3 is 1. The second-order valence-electron chi connectivity index (χ2n) is 2.00. The average Bonchev–Trinajstić information content (AvgIpc) is 2.03. The van der Waals surface area contributed by atoms with Crippen LogP contribution in [0.25, 0.3) is 0 Å². The van der Waals surface area contributed by atoms with Gasteiger partial charge in [0, 0.05) is 13.0 Å². The SMILES string of the molecule is C=C(OC)C(=O)OC(O)CCO. The molecule has 5 heteroatoms. The van der Waals surface area contributed by atoms with Crippen molar-refractivity contribution in [2.45, 2.75) is 12.7 Å². The molecule has 0 amide bonds. The van der Waals surface area contributed by atoms with Crippen molar-refractivity contribution >= 4 is 5.97 Å². The monoisotopic (exact) mass is 176 g/mol. The molecule has 0 aliphatic carbocycles. The highest BCUT2D eigenvalue weighted by atomic mass is 16.6. The lowest BCUT2D eigenvalue weighted by molar-refractivity contribution is -0.168. The number of esters is 1. The number of aliphatic hydroxyl groups is 2. The third-order valence-corrected chi connectivity index (χ3v) is 1.09. The Labute approximate surface area is 70.2 Å². The van der Waals surface area contributed by atoms with Crippen LogP contribution in [0.2, 0.25) is 0 Å². The van der Waals surface area contributed by atoms with E-state index in [-0.39, 0.29) is 18.8 Å². The molecule has 1 unspecified atom stereocenters. The van der Waals surface area contributed by atoms with E-state index in [9.17, 15) is 4.79 Å². The first-order chi connectivity index (χ1) is 5.61. The van der Waals surface area contributed by atoms with Gasteiger partial charge >= 0.3 is 5.97 Å². The van der Waals surface area contributed by atoms with Crippen LogP contribution in [0.3, 0.4) is 0 Å². The van der Waals surface area contributed by atoms with Gasteiger partial charge in [-0.25, -0.2) is 4.79 Å². The fourth-order valence-electron chi connectivity index (χ4n) is 0.442. The molecular formula is C7H12O5. The van der Waals surface area contributed by atoms with E-state index in [0.29, 0.717) is 0 Å². The summed E-state index contributed by atoms with van der Waals surface area (Å²) >= 11 is 0. The molecule has 0 rings (SSSR count). The summed E-state index contributed by atoms with van der Waals surface area (Å²) in [4.78, 5) is 10.8. The summed E-state index contributed by atoms with van der Waals surface area (Å²) in [6.07, 6.45) is -1.34. The zero-order valence-corrected chi connectivity index (χ0v) is 6.82. The van der Waals surface area contributed by atoms with Gasteiger partial charge in [-0.1, -0.05) is 0 Å². The highest BCUT2D eigenvalue weighted by molar-refractivity contribution is 5.85. The van der Waals surface area contributed by atoms with Crippen molar-refractivity contribution in [1.82, 2.24) is 0 Å². The lowest BCUT2D eigenvalue weighted by Crippen LogP contribution is -2.20. The number of hydrogen-bond acceptors (Lipinski definition) is 5. The van der Waals surface area contributed by atoms with Crippen LogP contribution in [-0.2, 0) is 14.3 Å². The number of carbonyl (C=O) groups excluding carboxylic acids is 1. The average molecular weight is 176 g/mol. The van der Waals surface area contributed by atoms with Crippen molar-refractivity contribution in [2.24, 2.45) is 0 Å². The van der Waals surface area contributed by atoms with Gasteiger partial charge in [0.15, 0.2) is 5.76 Å². The van der Waals surface area contributed by atoms with E-state index in [0.717, 1.165) is 0 Å². The Bertz CT molecular complexity index is 165. The molecule has 0 spiro atoms. The van der Waals surface area contributed by atoms with Crippen LogP contribution in [0.1, 0.15) is 6.42 Å². The van der Waals surface area contributed by atoms with E-state index in [4.69, 9.17) is 10.2 Å². The normalized spacial score (nSPS) is 11.9. The van der Waals surface area contributed by atoms with Crippen LogP contribution < -0.4 is 0 Å².